The van der Waals surface area contributed by atoms with Gasteiger partial charge < -0.3 is 10.0 Å². The van der Waals surface area contributed by atoms with Crippen molar-refractivity contribution in [3.05, 3.63) is 0 Å². The van der Waals surface area contributed by atoms with Crippen LogP contribution in [-0.4, -0.2) is 34.5 Å². The lowest BCUT2D eigenvalue weighted by atomic mass is 10.1. The predicted octanol–water partition coefficient (Wildman–Crippen LogP) is 3.06. The molecule has 0 aromatic heterocycles. The Balaban J connectivity index is 4.08. The van der Waals surface area contributed by atoms with Crippen LogP contribution in [0.2, 0.25) is 0 Å². The molecule has 0 saturated carbocycles. The quantitative estimate of drug-likeness (QED) is 0.612. The average Bonchev–Trinajstić information content (AvgIpc) is 2.34. The van der Waals surface area contributed by atoms with Gasteiger partial charge in [0.1, 0.15) is 0 Å². The van der Waals surface area contributed by atoms with Gasteiger partial charge in [0.2, 0.25) is 5.91 Å². The summed E-state index contributed by atoms with van der Waals surface area (Å²) in [5.74, 6) is -0.615. The zero-order chi connectivity index (χ0) is 14.0. The molecule has 0 aliphatic heterocycles. The molecule has 0 aliphatic carbocycles. The maximum Gasteiger partial charge on any atom is 0.303 e. The van der Waals surface area contributed by atoms with Crippen molar-refractivity contribution in [1.29, 1.82) is 0 Å². The zero-order valence-corrected chi connectivity index (χ0v) is 11.9. The Bertz CT molecular complexity index is 253. The Hall–Kier alpha value is -1.06. The molecule has 0 aromatic rings. The number of unbranched alkanes of at least 4 members (excludes halogenated alkanes) is 2. The predicted molar refractivity (Wildman–Crippen MR) is 72.5 cm³/mol. The second-order valence-corrected chi connectivity index (χ2v) is 4.80. The van der Waals surface area contributed by atoms with Crippen molar-refractivity contribution in [1.82, 2.24) is 4.90 Å². The smallest absolute Gasteiger partial charge is 0.303 e. The first kappa shape index (κ1) is 16.9. The molecule has 0 aliphatic rings. The van der Waals surface area contributed by atoms with Crippen LogP contribution in [0.15, 0.2) is 0 Å². The highest BCUT2D eigenvalue weighted by Crippen LogP contribution is 2.10. The van der Waals surface area contributed by atoms with Crippen molar-refractivity contribution in [3.63, 3.8) is 0 Å². The number of carboxylic acids is 1. The van der Waals surface area contributed by atoms with Gasteiger partial charge in [-0.1, -0.05) is 20.3 Å². The van der Waals surface area contributed by atoms with Gasteiger partial charge >= 0.3 is 5.97 Å². The van der Waals surface area contributed by atoms with E-state index in [-0.39, 0.29) is 18.4 Å². The van der Waals surface area contributed by atoms with Crippen LogP contribution in [0.1, 0.15) is 65.7 Å². The van der Waals surface area contributed by atoms with E-state index in [0.29, 0.717) is 19.3 Å². The van der Waals surface area contributed by atoms with E-state index in [1.54, 1.807) is 0 Å². The summed E-state index contributed by atoms with van der Waals surface area (Å²) in [5, 5.41) is 8.53. The lowest BCUT2D eigenvalue weighted by molar-refractivity contribution is -0.138. The summed E-state index contributed by atoms with van der Waals surface area (Å²) in [7, 11) is 0. The molecule has 106 valence electrons. The summed E-state index contributed by atoms with van der Waals surface area (Å²) in [4.78, 5) is 24.4. The van der Waals surface area contributed by atoms with Gasteiger partial charge in [-0.15, -0.1) is 0 Å². The fraction of sp³-hybridized carbons (Fsp3) is 0.857. The SMILES string of the molecule is CCCCN(C(=O)CCCCC(=O)O)C(C)CC. The van der Waals surface area contributed by atoms with Crippen LogP contribution in [0, 0.1) is 0 Å². The second-order valence-electron chi connectivity index (χ2n) is 4.80. The third kappa shape index (κ3) is 7.30. The first-order chi connectivity index (χ1) is 8.52. The van der Waals surface area contributed by atoms with Gasteiger partial charge in [-0.05, 0) is 32.6 Å². The molecule has 1 atom stereocenters. The minimum absolute atomic E-state index is 0.158. The Morgan fingerprint density at radius 1 is 1.11 bits per heavy atom. The molecule has 0 heterocycles. The average molecular weight is 257 g/mol. The molecule has 1 unspecified atom stereocenters. The molecule has 0 saturated heterocycles. The van der Waals surface area contributed by atoms with Crippen molar-refractivity contribution in [3.8, 4) is 0 Å². The molecule has 0 rings (SSSR count). The van der Waals surface area contributed by atoms with Crippen LogP contribution in [-0.2, 0) is 9.59 Å². The number of carbonyl (C=O) groups excluding carboxylic acids is 1. The summed E-state index contributed by atoms with van der Waals surface area (Å²) < 4.78 is 0. The Morgan fingerprint density at radius 2 is 1.72 bits per heavy atom. The zero-order valence-electron chi connectivity index (χ0n) is 11.9. The van der Waals surface area contributed by atoms with Crippen molar-refractivity contribution in [2.75, 3.05) is 6.54 Å². The van der Waals surface area contributed by atoms with Crippen LogP contribution in [0.3, 0.4) is 0 Å². The van der Waals surface area contributed by atoms with Crippen LogP contribution < -0.4 is 0 Å². The van der Waals surface area contributed by atoms with Gasteiger partial charge in [-0.3, -0.25) is 9.59 Å². The first-order valence-electron chi connectivity index (χ1n) is 7.04. The molecule has 18 heavy (non-hydrogen) atoms. The van der Waals surface area contributed by atoms with Gasteiger partial charge in [0.25, 0.3) is 0 Å². The molecular formula is C14H27NO3. The monoisotopic (exact) mass is 257 g/mol. The number of aliphatic carboxylic acids is 1. The molecule has 0 aromatic carbocycles. The fourth-order valence-electron chi connectivity index (χ4n) is 1.84. The normalized spacial score (nSPS) is 12.2. The highest BCUT2D eigenvalue weighted by atomic mass is 16.4. The van der Waals surface area contributed by atoms with Gasteiger partial charge in [-0.25, -0.2) is 0 Å². The number of hydrogen-bond acceptors (Lipinski definition) is 2. The molecule has 1 amide bonds. The van der Waals surface area contributed by atoms with E-state index in [4.69, 9.17) is 5.11 Å². The van der Waals surface area contributed by atoms with E-state index < -0.39 is 5.97 Å². The molecule has 0 bridgehead atoms. The van der Waals surface area contributed by atoms with Gasteiger partial charge in [-0.2, -0.15) is 0 Å². The molecule has 1 N–H and O–H groups in total. The van der Waals surface area contributed by atoms with Gasteiger partial charge in [0, 0.05) is 25.4 Å². The van der Waals surface area contributed by atoms with Crippen molar-refractivity contribution >= 4 is 11.9 Å². The van der Waals surface area contributed by atoms with Crippen LogP contribution in [0.4, 0.5) is 0 Å². The second kappa shape index (κ2) is 9.92. The summed E-state index contributed by atoms with van der Waals surface area (Å²) in [6.45, 7) is 7.10. The highest BCUT2D eigenvalue weighted by molar-refractivity contribution is 5.76. The van der Waals surface area contributed by atoms with Crippen LogP contribution in [0.5, 0.6) is 0 Å². The summed E-state index contributed by atoms with van der Waals surface area (Å²) in [6, 6.07) is 0.281. The minimum Gasteiger partial charge on any atom is -0.481 e. The summed E-state index contributed by atoms with van der Waals surface area (Å²) in [5.41, 5.74) is 0. The lowest BCUT2D eigenvalue weighted by Gasteiger charge is -2.28. The molecule has 0 fully saturated rings. The fourth-order valence-corrected chi connectivity index (χ4v) is 1.84. The molecule has 4 heteroatoms. The molecule has 0 spiro atoms. The van der Waals surface area contributed by atoms with E-state index in [9.17, 15) is 9.59 Å². The van der Waals surface area contributed by atoms with Crippen LogP contribution in [0.25, 0.3) is 0 Å². The first-order valence-corrected chi connectivity index (χ1v) is 7.04. The summed E-state index contributed by atoms with van der Waals surface area (Å²) >= 11 is 0. The lowest BCUT2D eigenvalue weighted by Crippen LogP contribution is -2.38. The Labute approximate surface area is 110 Å². The maximum absolute atomic E-state index is 12.1. The van der Waals surface area contributed by atoms with E-state index in [2.05, 4.69) is 20.8 Å². The Morgan fingerprint density at radius 3 is 2.22 bits per heavy atom. The number of amides is 1. The highest BCUT2D eigenvalue weighted by Gasteiger charge is 2.17. The Kier molecular flexibility index (Phi) is 9.33. The third-order valence-electron chi connectivity index (χ3n) is 3.23. The minimum atomic E-state index is -0.785. The molecule has 4 nitrogen and oxygen atoms in total. The van der Waals surface area contributed by atoms with E-state index in [0.717, 1.165) is 25.8 Å². The van der Waals surface area contributed by atoms with E-state index in [1.807, 2.05) is 4.90 Å². The van der Waals surface area contributed by atoms with Crippen molar-refractivity contribution in [2.45, 2.75) is 71.8 Å². The van der Waals surface area contributed by atoms with Crippen LogP contribution >= 0.6 is 0 Å². The van der Waals surface area contributed by atoms with Gasteiger partial charge in [0.05, 0.1) is 0 Å². The molecule has 0 radical (unpaired) electrons. The summed E-state index contributed by atoms with van der Waals surface area (Å²) in [6.07, 6.45) is 4.97. The van der Waals surface area contributed by atoms with Gasteiger partial charge in [0.15, 0.2) is 0 Å². The molecular weight excluding hydrogens is 230 g/mol. The topological polar surface area (TPSA) is 57.6 Å². The number of carbonyl (C=O) groups is 2. The van der Waals surface area contributed by atoms with Crippen molar-refractivity contribution in [2.24, 2.45) is 0 Å². The number of hydrogen-bond donors (Lipinski definition) is 1. The maximum atomic E-state index is 12.1. The van der Waals surface area contributed by atoms with E-state index in [1.165, 1.54) is 0 Å². The van der Waals surface area contributed by atoms with Crippen molar-refractivity contribution < 1.29 is 14.7 Å². The van der Waals surface area contributed by atoms with E-state index >= 15 is 0 Å². The third-order valence-corrected chi connectivity index (χ3v) is 3.23. The number of nitrogens with zero attached hydrogens (tertiary/aromatic N) is 1. The number of rotatable bonds is 10. The number of carboxylic acid groups (broad SMARTS) is 1. The largest absolute Gasteiger partial charge is 0.481 e. The standard InChI is InChI=1S/C14H27NO3/c1-4-6-11-15(12(3)5-2)13(16)9-7-8-10-14(17)18/h12H,4-11H2,1-3H3,(H,17,18).